The molecule has 0 aromatic carbocycles. The largest absolute Gasteiger partial charge is 0.505 e. The number of hydrogen-bond donors (Lipinski definition) is 0. The van der Waals surface area contributed by atoms with E-state index in [-0.39, 0.29) is 34.6 Å². The van der Waals surface area contributed by atoms with Gasteiger partial charge in [0.1, 0.15) is 24.2 Å². The fourth-order valence-corrected chi connectivity index (χ4v) is 1.68. The van der Waals surface area contributed by atoms with E-state index in [0.717, 1.165) is 25.0 Å². The molecule has 16 nitrogen and oxygen atoms in total. The minimum atomic E-state index is -0.582. The van der Waals surface area contributed by atoms with Gasteiger partial charge in [-0.2, -0.15) is 0 Å². The number of terminal acetylenes is 2. The zero-order valence-electron chi connectivity index (χ0n) is 37.4. The molecule has 2 rings (SSSR count). The minimum Gasteiger partial charge on any atom is -0.505 e. The van der Waals surface area contributed by atoms with Gasteiger partial charge in [-0.05, 0) is 50.8 Å². The monoisotopic (exact) mass is 898 g/mol. The Hall–Kier alpha value is -5.23. The molecule has 0 N–H and O–H groups in total. The number of methoxy groups -OCH3 is 10. The molecule has 1 saturated carbocycles. The van der Waals surface area contributed by atoms with Crippen LogP contribution in [0.25, 0.3) is 0 Å². The van der Waals surface area contributed by atoms with Crippen LogP contribution < -0.4 is 0 Å². The summed E-state index contributed by atoms with van der Waals surface area (Å²) >= 11 is 10.1. The van der Waals surface area contributed by atoms with E-state index in [2.05, 4.69) is 93.9 Å². The summed E-state index contributed by atoms with van der Waals surface area (Å²) in [5.74, 6) is 4.10. The Kier molecular flexibility index (Phi) is 72.9. The van der Waals surface area contributed by atoms with Crippen LogP contribution in [0.15, 0.2) is 73.4 Å². The van der Waals surface area contributed by atoms with Crippen molar-refractivity contribution in [3.05, 3.63) is 73.4 Å². The molecule has 1 saturated heterocycles. The zero-order valence-corrected chi connectivity index (χ0v) is 39.0. The first-order chi connectivity index (χ1) is 28.1. The molecule has 1 heterocycles. The summed E-state index contributed by atoms with van der Waals surface area (Å²) in [5.41, 5.74) is 0.433. The molecule has 0 bridgehead atoms. The van der Waals surface area contributed by atoms with Crippen LogP contribution in [-0.2, 0) is 76.1 Å². The minimum absolute atomic E-state index is 0.0625. The second-order valence-corrected chi connectivity index (χ2v) is 10.9. The quantitative estimate of drug-likeness (QED) is 0.0501. The van der Waals surface area contributed by atoms with E-state index in [4.69, 9.17) is 45.5 Å². The third-order valence-corrected chi connectivity index (χ3v) is 5.19. The van der Waals surface area contributed by atoms with Crippen LogP contribution in [0.1, 0.15) is 39.5 Å². The molecular formula is C42H68Cl2O16. The average Bonchev–Trinajstić information content (AvgIpc) is 4.20. The first-order valence-corrected chi connectivity index (χ1v) is 17.6. The van der Waals surface area contributed by atoms with Gasteiger partial charge >= 0.3 is 29.8 Å². The van der Waals surface area contributed by atoms with Gasteiger partial charge in [-0.15, -0.1) is 12.8 Å². The molecule has 1 aliphatic carbocycles. The smallest absolute Gasteiger partial charge is 0.348 e. The van der Waals surface area contributed by atoms with Gasteiger partial charge in [-0.25, -0.2) is 14.4 Å². The molecule has 346 valence electrons. The molecule has 0 aromatic heterocycles. The number of hydrogen-bond acceptors (Lipinski definition) is 16. The van der Waals surface area contributed by atoms with Gasteiger partial charge in [0.2, 0.25) is 0 Å². The molecule has 0 spiro atoms. The van der Waals surface area contributed by atoms with Crippen molar-refractivity contribution >= 4 is 53.0 Å². The Balaban J connectivity index is -0.0000000840. The molecule has 1 unspecified atom stereocenters. The Morgan fingerprint density at radius 1 is 0.700 bits per heavy atom. The second-order valence-electron chi connectivity index (χ2n) is 9.99. The molecule has 0 radical (unpaired) electrons. The molecule has 18 heteroatoms. The maximum Gasteiger partial charge on any atom is 0.348 e. The molecule has 2 fully saturated rings. The summed E-state index contributed by atoms with van der Waals surface area (Å²) in [4.78, 5) is 50.6. The van der Waals surface area contributed by atoms with Crippen LogP contribution in [0.5, 0.6) is 0 Å². The highest BCUT2D eigenvalue weighted by Gasteiger charge is 2.24. The number of carbonyl (C=O) groups excluding carboxylic acids is 5. The van der Waals surface area contributed by atoms with Crippen molar-refractivity contribution in [2.24, 2.45) is 5.92 Å². The van der Waals surface area contributed by atoms with Crippen LogP contribution in [0.3, 0.4) is 0 Å². The van der Waals surface area contributed by atoms with Crippen molar-refractivity contribution in [3.8, 4) is 24.7 Å². The zero-order chi connectivity index (χ0) is 48.9. The molecule has 1 aliphatic heterocycles. The Bertz CT molecular complexity index is 1220. The summed E-state index contributed by atoms with van der Waals surface area (Å²) in [6, 6.07) is 0. The molecule has 0 aromatic rings. The Labute approximate surface area is 368 Å². The van der Waals surface area contributed by atoms with E-state index in [1.807, 2.05) is 0 Å². The van der Waals surface area contributed by atoms with Crippen molar-refractivity contribution < 1.29 is 76.1 Å². The predicted molar refractivity (Wildman–Crippen MR) is 234 cm³/mol. The lowest BCUT2D eigenvalue weighted by molar-refractivity contribution is -0.141. The summed E-state index contributed by atoms with van der Waals surface area (Å²) < 4.78 is 48.4. The van der Waals surface area contributed by atoms with Gasteiger partial charge in [0.05, 0.1) is 82.1 Å². The SMILES string of the molecule is C#CCC(=O)OC.C#CCOC.C=C(C)C(=O)OC.C=C(C)OC.C=C(Cl)C(=O)OC.C=C(Cl)OC.C=CC(=O)OC.C=COC.COC(=O)CC1CC1.COCC1CO1. The van der Waals surface area contributed by atoms with E-state index in [1.54, 1.807) is 42.3 Å². The van der Waals surface area contributed by atoms with Crippen molar-refractivity contribution in [2.45, 2.75) is 45.6 Å². The molecule has 2 aliphatic rings. The van der Waals surface area contributed by atoms with Crippen molar-refractivity contribution in [3.63, 3.8) is 0 Å². The number of rotatable bonds is 12. The van der Waals surface area contributed by atoms with Gasteiger partial charge in [0.25, 0.3) is 0 Å². The van der Waals surface area contributed by atoms with Gasteiger partial charge in [0.15, 0.2) is 5.22 Å². The normalized spacial score (nSPS) is 10.8. The number of epoxide rings is 1. The maximum atomic E-state index is 10.4. The molecular weight excluding hydrogens is 831 g/mol. The number of esters is 5. The third-order valence-electron chi connectivity index (χ3n) is 4.88. The highest BCUT2D eigenvalue weighted by Crippen LogP contribution is 2.32. The first-order valence-electron chi connectivity index (χ1n) is 16.8. The second kappa shape index (κ2) is 60.4. The summed E-state index contributed by atoms with van der Waals surface area (Å²) in [6.07, 6.45) is 15.6. The van der Waals surface area contributed by atoms with Crippen LogP contribution in [0, 0.1) is 30.6 Å². The Morgan fingerprint density at radius 2 is 1.13 bits per heavy atom. The van der Waals surface area contributed by atoms with Crippen molar-refractivity contribution in [2.75, 3.05) is 90.9 Å². The first kappa shape index (κ1) is 72.4. The van der Waals surface area contributed by atoms with Crippen LogP contribution in [0.2, 0.25) is 0 Å². The summed E-state index contributed by atoms with van der Waals surface area (Å²) in [5, 5.41) is 0.132. The molecule has 60 heavy (non-hydrogen) atoms. The van der Waals surface area contributed by atoms with E-state index in [0.29, 0.717) is 30.6 Å². The van der Waals surface area contributed by atoms with E-state index < -0.39 is 11.9 Å². The standard InChI is InChI=1S/C6H10O2.C5H8O2.C5H6O2.C4H5ClO2.C4H8O2.C4H6O2.C4H8O.C4H6O.C3H5ClO.C3H6O/c1-8-6(7)4-5-2-3-5;1-4(2)5(6)7-3;1-3-4-5(6)7-2;1-3(5)4(6)7-2;1-5-2-4-3-6-4;1-3-4(5)6-2;1-4(2)5-3;1-3-4-5-2;1-3(4)5-2;1-3-4-2/h5H,2-4H2,1H3;1H2,2-3H3;1H,4H2,2H3;1H2,2H3;4H,2-3H2,1H3;3H,1H2,2H3;1H2,2-3H3;1H,4H2,2H3;1H2,2H3;3H,1H2,2H3. The van der Waals surface area contributed by atoms with Gasteiger partial charge in [-0.3, -0.25) is 9.59 Å². The highest BCUT2D eigenvalue weighted by atomic mass is 35.5. The van der Waals surface area contributed by atoms with Crippen LogP contribution in [-0.4, -0.2) is 127 Å². The molecule has 0 amide bonds. The highest BCUT2D eigenvalue weighted by molar-refractivity contribution is 6.40. The summed E-state index contributed by atoms with van der Waals surface area (Å²) in [7, 11) is 14.5. The Morgan fingerprint density at radius 3 is 1.22 bits per heavy atom. The number of carbonyl (C=O) groups is 5. The number of allylic oxidation sites excluding steroid dienone is 1. The maximum absolute atomic E-state index is 10.4. The fraction of sp³-hybridized carbons (Fsp3) is 0.500. The van der Waals surface area contributed by atoms with E-state index in [9.17, 15) is 24.0 Å². The van der Waals surface area contributed by atoms with E-state index >= 15 is 0 Å². The topological polar surface area (TPSA) is 190 Å². The van der Waals surface area contributed by atoms with Crippen LogP contribution >= 0.6 is 23.2 Å². The van der Waals surface area contributed by atoms with Crippen molar-refractivity contribution in [1.29, 1.82) is 0 Å². The lowest BCUT2D eigenvalue weighted by Crippen LogP contribution is -1.99. The van der Waals surface area contributed by atoms with E-state index in [1.165, 1.54) is 61.8 Å². The molecule has 1 atom stereocenters. The third kappa shape index (κ3) is 99.1. The summed E-state index contributed by atoms with van der Waals surface area (Å²) in [6.45, 7) is 25.0. The lowest BCUT2D eigenvalue weighted by Gasteiger charge is -1.92. The number of halogens is 2. The van der Waals surface area contributed by atoms with Gasteiger partial charge < -0.3 is 52.1 Å². The van der Waals surface area contributed by atoms with Crippen molar-refractivity contribution in [1.82, 2.24) is 0 Å². The number of ether oxygens (including phenoxy) is 11. The lowest BCUT2D eigenvalue weighted by atomic mass is 10.3. The van der Waals surface area contributed by atoms with Gasteiger partial charge in [-0.1, -0.05) is 56.3 Å². The predicted octanol–water partition coefficient (Wildman–Crippen LogP) is 6.72. The van der Waals surface area contributed by atoms with Crippen LogP contribution in [0.4, 0.5) is 0 Å². The fourth-order valence-electron chi connectivity index (χ4n) is 1.60. The average molecular weight is 900 g/mol. The van der Waals surface area contributed by atoms with Gasteiger partial charge in [0, 0.05) is 32.3 Å².